The Kier molecular flexibility index (Phi) is 7.11. The van der Waals surface area contributed by atoms with Crippen LogP contribution in [0.5, 0.6) is 0 Å². The van der Waals surface area contributed by atoms with E-state index in [0.717, 1.165) is 24.3 Å². The highest BCUT2D eigenvalue weighted by molar-refractivity contribution is 7.92. The summed E-state index contributed by atoms with van der Waals surface area (Å²) in [6.45, 7) is 3.10. The Hall–Kier alpha value is -3.23. The van der Waals surface area contributed by atoms with Crippen molar-refractivity contribution in [3.63, 3.8) is 0 Å². The quantitative estimate of drug-likeness (QED) is 0.424. The number of primary amides is 1. The largest absolute Gasteiger partial charge is 0.446 e. The Bertz CT molecular complexity index is 1230. The number of rotatable bonds is 7. The van der Waals surface area contributed by atoms with Gasteiger partial charge in [0, 0.05) is 0 Å². The van der Waals surface area contributed by atoms with E-state index >= 15 is 0 Å². The molecular weight excluding hydrogens is 500 g/mol. The molecule has 1 aliphatic rings. The molecule has 35 heavy (non-hydrogen) atoms. The number of esters is 1. The van der Waals surface area contributed by atoms with Crippen LogP contribution in [0.25, 0.3) is 0 Å². The molecule has 9 nitrogen and oxygen atoms in total. The van der Waals surface area contributed by atoms with Crippen molar-refractivity contribution in [1.29, 1.82) is 0 Å². The molecule has 0 radical (unpaired) electrons. The van der Waals surface area contributed by atoms with Crippen molar-refractivity contribution in [2.45, 2.75) is 42.9 Å². The molecule has 2 unspecified atom stereocenters. The molecule has 0 saturated carbocycles. The third-order valence-electron chi connectivity index (χ3n) is 4.81. The summed E-state index contributed by atoms with van der Waals surface area (Å²) in [5, 5.41) is 0. The Morgan fingerprint density at radius 3 is 2.31 bits per heavy atom. The zero-order chi connectivity index (χ0) is 26.2. The van der Waals surface area contributed by atoms with Crippen LogP contribution >= 0.6 is 0 Å². The molecule has 190 valence electrons. The van der Waals surface area contributed by atoms with E-state index in [1.165, 1.54) is 0 Å². The first-order chi connectivity index (χ1) is 16.1. The van der Waals surface area contributed by atoms with E-state index in [1.807, 2.05) is 0 Å². The number of carbonyl (C=O) groups is 2. The SMILES string of the molecule is CC1(C)OCC(C(OC(=O)c2ccc(S(=O)(=O)Nc3ccc(F)cc3C(F)(F)F)cc2)C(N)=O)O1. The van der Waals surface area contributed by atoms with Crippen molar-refractivity contribution in [1.82, 2.24) is 0 Å². The van der Waals surface area contributed by atoms with Crippen molar-refractivity contribution in [3.8, 4) is 0 Å². The summed E-state index contributed by atoms with van der Waals surface area (Å²) >= 11 is 0. The molecule has 1 amide bonds. The van der Waals surface area contributed by atoms with E-state index in [2.05, 4.69) is 0 Å². The second kappa shape index (κ2) is 9.43. The van der Waals surface area contributed by atoms with Crippen LogP contribution < -0.4 is 10.5 Å². The highest BCUT2D eigenvalue weighted by Crippen LogP contribution is 2.36. The number of halogens is 4. The predicted octanol–water partition coefficient (Wildman–Crippen LogP) is 2.81. The minimum Gasteiger partial charge on any atom is -0.446 e. The van der Waals surface area contributed by atoms with Gasteiger partial charge in [0.25, 0.3) is 15.9 Å². The van der Waals surface area contributed by atoms with E-state index in [4.69, 9.17) is 19.9 Å². The summed E-state index contributed by atoms with van der Waals surface area (Å²) in [6.07, 6.45) is -7.48. The fourth-order valence-electron chi connectivity index (χ4n) is 3.18. The normalized spacial score (nSPS) is 18.6. The van der Waals surface area contributed by atoms with Crippen molar-refractivity contribution in [3.05, 3.63) is 59.4 Å². The number of ether oxygens (including phenoxy) is 3. The zero-order valence-electron chi connectivity index (χ0n) is 18.3. The fraction of sp³-hybridized carbons (Fsp3) is 0.333. The summed E-state index contributed by atoms with van der Waals surface area (Å²) in [4.78, 5) is 23.7. The van der Waals surface area contributed by atoms with Gasteiger partial charge < -0.3 is 19.9 Å². The molecule has 1 saturated heterocycles. The van der Waals surface area contributed by atoms with Gasteiger partial charge in [0.1, 0.15) is 11.9 Å². The average molecular weight is 520 g/mol. The first-order valence-electron chi connectivity index (χ1n) is 9.91. The number of carbonyl (C=O) groups excluding carboxylic acids is 2. The van der Waals surface area contributed by atoms with Crippen LogP contribution in [0.2, 0.25) is 0 Å². The highest BCUT2D eigenvalue weighted by atomic mass is 32.2. The number of amides is 1. The predicted molar refractivity (Wildman–Crippen MR) is 112 cm³/mol. The number of nitrogens with two attached hydrogens (primary N) is 1. The number of hydrogen-bond donors (Lipinski definition) is 2. The van der Waals surface area contributed by atoms with Crippen LogP contribution in [0, 0.1) is 5.82 Å². The minimum absolute atomic E-state index is 0.0694. The molecule has 0 bridgehead atoms. The minimum atomic E-state index is -5.02. The van der Waals surface area contributed by atoms with Crippen LogP contribution in [0.1, 0.15) is 29.8 Å². The van der Waals surface area contributed by atoms with E-state index in [-0.39, 0.29) is 18.2 Å². The first-order valence-corrected chi connectivity index (χ1v) is 11.4. The van der Waals surface area contributed by atoms with Crippen LogP contribution in [0.3, 0.4) is 0 Å². The molecule has 0 aromatic heterocycles. The second-order valence-electron chi connectivity index (χ2n) is 7.91. The van der Waals surface area contributed by atoms with Gasteiger partial charge in [0.15, 0.2) is 5.79 Å². The molecule has 2 atom stereocenters. The molecule has 1 heterocycles. The van der Waals surface area contributed by atoms with Crippen molar-refractivity contribution in [2.24, 2.45) is 5.73 Å². The van der Waals surface area contributed by atoms with Gasteiger partial charge in [0.05, 0.1) is 28.3 Å². The van der Waals surface area contributed by atoms with Gasteiger partial charge in [-0.1, -0.05) is 0 Å². The van der Waals surface area contributed by atoms with E-state index in [9.17, 15) is 35.6 Å². The summed E-state index contributed by atoms with van der Waals surface area (Å²) in [5.74, 6) is -4.25. The molecule has 2 aromatic carbocycles. The standard InChI is InChI=1S/C21H20F4N2O7S/c1-20(2)32-10-16(34-20)17(18(26)28)33-19(29)11-3-6-13(7-4-11)35(30,31)27-15-8-5-12(22)9-14(15)21(23,24)25/h3-9,16-17,27H,10H2,1-2H3,(H2,26,28). The van der Waals surface area contributed by atoms with Gasteiger partial charge in [-0.15, -0.1) is 0 Å². The number of hydrogen-bond acceptors (Lipinski definition) is 7. The summed E-state index contributed by atoms with van der Waals surface area (Å²) in [7, 11) is -4.55. The maximum Gasteiger partial charge on any atom is 0.418 e. The lowest BCUT2D eigenvalue weighted by atomic mass is 10.2. The maximum absolute atomic E-state index is 13.3. The molecule has 14 heteroatoms. The Balaban J connectivity index is 1.77. The van der Waals surface area contributed by atoms with Crippen LogP contribution in [0.4, 0.5) is 23.2 Å². The van der Waals surface area contributed by atoms with Gasteiger partial charge in [-0.3, -0.25) is 9.52 Å². The Morgan fingerprint density at radius 2 is 1.80 bits per heavy atom. The van der Waals surface area contributed by atoms with Gasteiger partial charge in [-0.25, -0.2) is 17.6 Å². The van der Waals surface area contributed by atoms with Crippen LogP contribution in [-0.2, 0) is 35.2 Å². The van der Waals surface area contributed by atoms with E-state index < -0.39 is 68.0 Å². The number of alkyl halides is 3. The monoisotopic (exact) mass is 520 g/mol. The Morgan fingerprint density at radius 1 is 1.17 bits per heavy atom. The number of benzene rings is 2. The topological polar surface area (TPSA) is 134 Å². The summed E-state index contributed by atoms with van der Waals surface area (Å²) in [6, 6.07) is 5.40. The average Bonchev–Trinajstić information content (AvgIpc) is 3.11. The number of nitrogens with one attached hydrogen (secondary N) is 1. The van der Waals surface area contributed by atoms with Crippen molar-refractivity contribution < 1.29 is 49.8 Å². The van der Waals surface area contributed by atoms with Gasteiger partial charge >= 0.3 is 12.1 Å². The lowest BCUT2D eigenvalue weighted by Crippen LogP contribution is -2.44. The zero-order valence-corrected chi connectivity index (χ0v) is 19.1. The molecule has 0 spiro atoms. The Labute approximate surface area is 197 Å². The van der Waals surface area contributed by atoms with Crippen molar-refractivity contribution >= 4 is 27.6 Å². The van der Waals surface area contributed by atoms with Gasteiger partial charge in [-0.2, -0.15) is 13.2 Å². The fourth-order valence-corrected chi connectivity index (χ4v) is 4.26. The van der Waals surface area contributed by atoms with E-state index in [0.29, 0.717) is 12.1 Å². The first kappa shape index (κ1) is 26.4. The van der Waals surface area contributed by atoms with Crippen LogP contribution in [0.15, 0.2) is 47.4 Å². The molecule has 0 aliphatic carbocycles. The molecular formula is C21H20F4N2O7S. The third-order valence-corrected chi connectivity index (χ3v) is 6.20. The molecule has 1 aliphatic heterocycles. The smallest absolute Gasteiger partial charge is 0.418 e. The van der Waals surface area contributed by atoms with Gasteiger partial charge in [0.2, 0.25) is 6.10 Å². The number of sulfonamides is 1. The summed E-state index contributed by atoms with van der Waals surface area (Å²) < 4.78 is 95.6. The molecule has 2 aromatic rings. The lowest BCUT2D eigenvalue weighted by Gasteiger charge is -2.22. The molecule has 1 fully saturated rings. The maximum atomic E-state index is 13.3. The highest BCUT2D eigenvalue weighted by Gasteiger charge is 2.42. The van der Waals surface area contributed by atoms with Gasteiger partial charge in [-0.05, 0) is 56.3 Å². The summed E-state index contributed by atoms with van der Waals surface area (Å²) in [5.41, 5.74) is 2.73. The number of anilines is 1. The second-order valence-corrected chi connectivity index (χ2v) is 9.60. The van der Waals surface area contributed by atoms with E-state index in [1.54, 1.807) is 18.6 Å². The lowest BCUT2D eigenvalue weighted by molar-refractivity contribution is -0.158. The molecule has 3 N–H and O–H groups in total. The van der Waals surface area contributed by atoms with Crippen LogP contribution in [-0.4, -0.2) is 44.9 Å². The van der Waals surface area contributed by atoms with Crippen molar-refractivity contribution in [2.75, 3.05) is 11.3 Å². The molecule has 3 rings (SSSR count). The third kappa shape index (κ3) is 6.26.